The van der Waals surface area contributed by atoms with Gasteiger partial charge in [-0.1, -0.05) is 11.6 Å². The van der Waals surface area contributed by atoms with E-state index in [1.54, 1.807) is 13.8 Å². The minimum atomic E-state index is -3.70. The van der Waals surface area contributed by atoms with Crippen LogP contribution in [0.5, 0.6) is 0 Å². The molecule has 5 atom stereocenters. The predicted molar refractivity (Wildman–Crippen MR) is 104 cm³/mol. The van der Waals surface area contributed by atoms with Gasteiger partial charge < -0.3 is 9.84 Å². The van der Waals surface area contributed by atoms with Crippen molar-refractivity contribution in [2.24, 2.45) is 23.7 Å². The van der Waals surface area contributed by atoms with Crippen LogP contribution in [0.3, 0.4) is 0 Å². The van der Waals surface area contributed by atoms with Crippen LogP contribution in [0.4, 0.5) is 0 Å². The van der Waals surface area contributed by atoms with E-state index in [4.69, 9.17) is 4.52 Å². The molecule has 0 aromatic carbocycles. The molecular formula is C20H31N3O4S. The third-order valence-electron chi connectivity index (χ3n) is 7.13. The van der Waals surface area contributed by atoms with Crippen molar-refractivity contribution in [1.29, 1.82) is 0 Å². The minimum Gasteiger partial charge on any atom is -0.360 e. The maximum atomic E-state index is 13.1. The van der Waals surface area contributed by atoms with Crippen molar-refractivity contribution >= 4 is 15.9 Å². The van der Waals surface area contributed by atoms with Gasteiger partial charge in [0, 0.05) is 19.1 Å². The van der Waals surface area contributed by atoms with Gasteiger partial charge in [0.2, 0.25) is 15.9 Å². The van der Waals surface area contributed by atoms with Crippen LogP contribution in [0.25, 0.3) is 0 Å². The summed E-state index contributed by atoms with van der Waals surface area (Å²) in [6.45, 7) is 6.01. The van der Waals surface area contributed by atoms with Crippen molar-refractivity contribution in [2.45, 2.75) is 70.2 Å². The number of hydrogen-bond acceptors (Lipinski definition) is 5. The molecule has 2 saturated carbocycles. The number of hydrogen-bond donors (Lipinski definition) is 1. The van der Waals surface area contributed by atoms with Crippen molar-refractivity contribution in [3.8, 4) is 0 Å². The maximum absolute atomic E-state index is 13.1. The molecule has 0 radical (unpaired) electrons. The highest BCUT2D eigenvalue weighted by atomic mass is 32.2. The van der Waals surface area contributed by atoms with Gasteiger partial charge >= 0.3 is 0 Å². The zero-order chi connectivity index (χ0) is 20.1. The maximum Gasteiger partial charge on any atom is 0.248 e. The smallest absolute Gasteiger partial charge is 0.248 e. The van der Waals surface area contributed by atoms with E-state index in [-0.39, 0.29) is 29.3 Å². The zero-order valence-corrected chi connectivity index (χ0v) is 17.8. The van der Waals surface area contributed by atoms with E-state index in [2.05, 4.69) is 17.4 Å². The number of nitrogens with one attached hydrogen (secondary N) is 1. The highest BCUT2D eigenvalue weighted by Crippen LogP contribution is 2.49. The van der Waals surface area contributed by atoms with Crippen LogP contribution >= 0.6 is 0 Å². The van der Waals surface area contributed by atoms with Gasteiger partial charge in [-0.3, -0.25) is 4.79 Å². The van der Waals surface area contributed by atoms with E-state index in [0.717, 1.165) is 18.3 Å². The highest BCUT2D eigenvalue weighted by molar-refractivity contribution is 7.89. The Morgan fingerprint density at radius 3 is 2.64 bits per heavy atom. The number of sulfonamides is 1. The minimum absolute atomic E-state index is 0.00561. The Morgan fingerprint density at radius 2 is 2.04 bits per heavy atom. The first-order valence-electron chi connectivity index (χ1n) is 10.5. The number of rotatable bonds is 5. The molecule has 0 spiro atoms. The van der Waals surface area contributed by atoms with Gasteiger partial charge in [-0.25, -0.2) is 8.42 Å². The van der Waals surface area contributed by atoms with Gasteiger partial charge in [0.1, 0.15) is 10.6 Å². The number of piperidine rings is 1. The quantitative estimate of drug-likeness (QED) is 0.807. The Labute approximate surface area is 167 Å². The molecule has 1 aliphatic heterocycles. The molecule has 3 fully saturated rings. The molecule has 1 amide bonds. The van der Waals surface area contributed by atoms with Crippen molar-refractivity contribution < 1.29 is 17.7 Å². The summed E-state index contributed by atoms with van der Waals surface area (Å²) >= 11 is 0. The Morgan fingerprint density at radius 1 is 1.25 bits per heavy atom. The van der Waals surface area contributed by atoms with E-state index in [1.165, 1.54) is 30.0 Å². The Balaban J connectivity index is 1.41. The largest absolute Gasteiger partial charge is 0.360 e. The average Bonchev–Trinajstić information content (AvgIpc) is 3.38. The lowest BCUT2D eigenvalue weighted by molar-refractivity contribution is -0.127. The molecule has 1 N–H and O–H groups in total. The zero-order valence-electron chi connectivity index (χ0n) is 17.0. The van der Waals surface area contributed by atoms with Gasteiger partial charge in [-0.15, -0.1) is 0 Å². The van der Waals surface area contributed by atoms with E-state index in [1.807, 2.05) is 0 Å². The lowest BCUT2D eigenvalue weighted by Gasteiger charge is -2.33. The number of amides is 1. The fraction of sp³-hybridized carbons (Fsp3) is 0.800. The summed E-state index contributed by atoms with van der Waals surface area (Å²) in [7, 11) is -3.70. The lowest BCUT2D eigenvalue weighted by atomic mass is 9.83. The second-order valence-electron chi connectivity index (χ2n) is 8.99. The van der Waals surface area contributed by atoms with Crippen LogP contribution in [0.1, 0.15) is 56.9 Å². The fourth-order valence-electron chi connectivity index (χ4n) is 5.70. The highest BCUT2D eigenvalue weighted by Gasteiger charge is 2.43. The molecule has 4 rings (SSSR count). The Hall–Kier alpha value is -1.41. The molecule has 0 unspecified atom stereocenters. The number of aromatic nitrogens is 1. The van der Waals surface area contributed by atoms with Crippen LogP contribution in [0.2, 0.25) is 0 Å². The summed E-state index contributed by atoms with van der Waals surface area (Å²) in [5, 5.41) is 6.99. The molecule has 7 nitrogen and oxygen atoms in total. The second-order valence-corrected chi connectivity index (χ2v) is 10.9. The number of fused-ring (bicyclic) bond motifs is 2. The number of aryl methyl sites for hydroxylation is 2. The van der Waals surface area contributed by atoms with Gasteiger partial charge in [-0.2, -0.15) is 4.31 Å². The summed E-state index contributed by atoms with van der Waals surface area (Å²) in [5.74, 6) is 2.17. The first-order chi connectivity index (χ1) is 13.3. The van der Waals surface area contributed by atoms with Crippen molar-refractivity contribution in [3.05, 3.63) is 11.5 Å². The predicted octanol–water partition coefficient (Wildman–Crippen LogP) is 2.63. The standard InChI is InChI=1S/C20H31N3O4S/c1-12(18-10-15-6-7-16(18)9-15)21-20(24)17-5-4-8-23(11-17)28(25,26)19-13(2)22-27-14(19)3/h12,15-18H,4-11H2,1-3H3,(H,21,24)/t12-,15+,16+,17+,18-/m1/s1. The average molecular weight is 410 g/mol. The van der Waals surface area contributed by atoms with E-state index >= 15 is 0 Å². The molecule has 8 heteroatoms. The molecule has 2 heterocycles. The number of carbonyl (C=O) groups is 1. The molecule has 156 valence electrons. The van der Waals surface area contributed by atoms with Crippen LogP contribution in [0, 0.1) is 37.5 Å². The van der Waals surface area contributed by atoms with Crippen LogP contribution in [-0.2, 0) is 14.8 Å². The Bertz CT molecular complexity index is 830. The van der Waals surface area contributed by atoms with Gasteiger partial charge in [0.25, 0.3) is 0 Å². The van der Waals surface area contributed by atoms with E-state index < -0.39 is 10.0 Å². The van der Waals surface area contributed by atoms with Gasteiger partial charge in [0.15, 0.2) is 5.76 Å². The third kappa shape index (κ3) is 3.49. The van der Waals surface area contributed by atoms with Crippen molar-refractivity contribution in [1.82, 2.24) is 14.8 Å². The van der Waals surface area contributed by atoms with Crippen molar-refractivity contribution in [2.75, 3.05) is 13.1 Å². The monoisotopic (exact) mass is 409 g/mol. The molecular weight excluding hydrogens is 378 g/mol. The summed E-state index contributed by atoms with van der Waals surface area (Å²) in [6.07, 6.45) is 6.59. The van der Waals surface area contributed by atoms with Crippen LogP contribution in [0.15, 0.2) is 9.42 Å². The molecule has 28 heavy (non-hydrogen) atoms. The SMILES string of the molecule is Cc1noc(C)c1S(=O)(=O)N1CCC[C@H](C(=O)N[C@H](C)[C@H]2C[C@H]3CC[C@H]2C3)C1. The van der Waals surface area contributed by atoms with Crippen LogP contribution < -0.4 is 5.32 Å². The molecule has 2 bridgehead atoms. The van der Waals surface area contributed by atoms with Crippen LogP contribution in [-0.4, -0.2) is 42.9 Å². The lowest BCUT2D eigenvalue weighted by Crippen LogP contribution is -2.49. The molecule has 1 aromatic rings. The third-order valence-corrected chi connectivity index (χ3v) is 9.24. The molecule has 2 aliphatic carbocycles. The summed E-state index contributed by atoms with van der Waals surface area (Å²) in [5.41, 5.74) is 0.369. The summed E-state index contributed by atoms with van der Waals surface area (Å²) in [6, 6.07) is 0.164. The first kappa shape index (κ1) is 19.9. The molecule has 1 saturated heterocycles. The summed E-state index contributed by atoms with van der Waals surface area (Å²) in [4.78, 5) is 13.0. The second kappa shape index (κ2) is 7.44. The number of nitrogens with zero attached hydrogens (tertiary/aromatic N) is 2. The van der Waals surface area contributed by atoms with Gasteiger partial charge in [-0.05, 0) is 70.6 Å². The Kier molecular flexibility index (Phi) is 5.29. The van der Waals surface area contributed by atoms with Crippen molar-refractivity contribution in [3.63, 3.8) is 0 Å². The van der Waals surface area contributed by atoms with Gasteiger partial charge in [0.05, 0.1) is 5.92 Å². The normalized spacial score (nSPS) is 31.8. The van der Waals surface area contributed by atoms with E-state index in [9.17, 15) is 13.2 Å². The number of carbonyl (C=O) groups excluding carboxylic acids is 1. The molecule has 1 aromatic heterocycles. The van der Waals surface area contributed by atoms with E-state index in [0.29, 0.717) is 30.3 Å². The fourth-order valence-corrected chi connectivity index (χ4v) is 7.52. The molecule has 3 aliphatic rings. The summed E-state index contributed by atoms with van der Waals surface area (Å²) < 4.78 is 32.6. The topological polar surface area (TPSA) is 92.5 Å². The first-order valence-corrected chi connectivity index (χ1v) is 11.9.